The fourth-order valence-corrected chi connectivity index (χ4v) is 3.29. The quantitative estimate of drug-likeness (QED) is 0.688. The molecule has 0 fully saturated rings. The number of nitrogens with two attached hydrogens (primary N) is 1. The van der Waals surface area contributed by atoms with Crippen LogP contribution in [0.1, 0.15) is 27.2 Å². The first kappa shape index (κ1) is 22.0. The van der Waals surface area contributed by atoms with Gasteiger partial charge in [0.1, 0.15) is 11.9 Å². The molecule has 0 spiro atoms. The highest BCUT2D eigenvalue weighted by molar-refractivity contribution is 7.89. The van der Waals surface area contributed by atoms with Crippen LogP contribution in [0.5, 0.6) is 0 Å². The standard InChI is InChI=1S/C19H24F3N3O2S/c1-4-5-6-14(11-13(2)3)18-24-17(19(20,21)22)12-25(18)15-7-9-16(10-8-15)28(23,26)27/h5-13,18,24H,4H2,1-3H3,(H2,23,26,27)/b6-5-,14-11+. The van der Waals surface area contributed by atoms with Gasteiger partial charge in [-0.2, -0.15) is 13.2 Å². The van der Waals surface area contributed by atoms with Crippen LogP contribution < -0.4 is 15.4 Å². The Hall–Kier alpha value is -2.26. The van der Waals surface area contributed by atoms with E-state index in [0.29, 0.717) is 11.3 Å². The van der Waals surface area contributed by atoms with E-state index in [4.69, 9.17) is 5.14 Å². The number of alkyl halides is 3. The van der Waals surface area contributed by atoms with Crippen LogP contribution in [0.4, 0.5) is 18.9 Å². The van der Waals surface area contributed by atoms with Crippen molar-refractivity contribution in [2.75, 3.05) is 4.90 Å². The van der Waals surface area contributed by atoms with Gasteiger partial charge in [-0.05, 0) is 42.2 Å². The van der Waals surface area contributed by atoms with Gasteiger partial charge in [0.25, 0.3) is 0 Å². The van der Waals surface area contributed by atoms with Crippen molar-refractivity contribution < 1.29 is 21.6 Å². The average molecular weight is 415 g/mol. The summed E-state index contributed by atoms with van der Waals surface area (Å²) in [7, 11) is -3.89. The number of benzene rings is 1. The number of sulfonamides is 1. The molecule has 2 rings (SSSR count). The van der Waals surface area contributed by atoms with Gasteiger partial charge in [-0.3, -0.25) is 0 Å². The highest BCUT2D eigenvalue weighted by Crippen LogP contribution is 2.34. The van der Waals surface area contributed by atoms with E-state index < -0.39 is 28.1 Å². The molecule has 0 saturated heterocycles. The number of nitrogens with zero attached hydrogens (tertiary/aromatic N) is 1. The normalized spacial score (nSPS) is 18.7. The van der Waals surface area contributed by atoms with Crippen LogP contribution in [0.2, 0.25) is 0 Å². The number of hydrogen-bond donors (Lipinski definition) is 2. The first-order chi connectivity index (χ1) is 12.9. The molecule has 1 atom stereocenters. The number of hydrogen-bond acceptors (Lipinski definition) is 4. The maximum absolute atomic E-state index is 13.3. The summed E-state index contributed by atoms with van der Waals surface area (Å²) in [6.45, 7) is 5.82. The molecule has 1 heterocycles. The number of nitrogens with one attached hydrogen (secondary N) is 1. The van der Waals surface area contributed by atoms with E-state index >= 15 is 0 Å². The highest BCUT2D eigenvalue weighted by atomic mass is 32.2. The van der Waals surface area contributed by atoms with Crippen molar-refractivity contribution >= 4 is 15.7 Å². The lowest BCUT2D eigenvalue weighted by molar-refractivity contribution is -0.0960. The summed E-state index contributed by atoms with van der Waals surface area (Å²) in [6.07, 6.45) is 1.99. The molecule has 28 heavy (non-hydrogen) atoms. The fourth-order valence-electron chi connectivity index (χ4n) is 2.77. The van der Waals surface area contributed by atoms with Gasteiger partial charge < -0.3 is 10.2 Å². The Morgan fingerprint density at radius 2 is 1.89 bits per heavy atom. The van der Waals surface area contributed by atoms with E-state index in [1.165, 1.54) is 29.2 Å². The maximum atomic E-state index is 13.3. The molecule has 0 bridgehead atoms. The van der Waals surface area contributed by atoms with Gasteiger partial charge in [-0.15, -0.1) is 0 Å². The number of anilines is 1. The lowest BCUT2D eigenvalue weighted by atomic mass is 10.0. The summed E-state index contributed by atoms with van der Waals surface area (Å²) in [4.78, 5) is 1.33. The van der Waals surface area contributed by atoms with Crippen molar-refractivity contribution in [2.24, 2.45) is 11.1 Å². The van der Waals surface area contributed by atoms with Gasteiger partial charge in [0.2, 0.25) is 10.0 Å². The van der Waals surface area contributed by atoms with E-state index in [-0.39, 0.29) is 10.8 Å². The Labute approximate surface area is 163 Å². The van der Waals surface area contributed by atoms with E-state index in [2.05, 4.69) is 5.32 Å². The molecule has 9 heteroatoms. The van der Waals surface area contributed by atoms with Crippen LogP contribution in [0.3, 0.4) is 0 Å². The van der Waals surface area contributed by atoms with E-state index in [9.17, 15) is 21.6 Å². The summed E-state index contributed by atoms with van der Waals surface area (Å²) in [5, 5.41) is 7.63. The largest absolute Gasteiger partial charge is 0.432 e. The van der Waals surface area contributed by atoms with Gasteiger partial charge in [0.05, 0.1) is 4.90 Å². The van der Waals surface area contributed by atoms with Gasteiger partial charge in [0, 0.05) is 11.9 Å². The zero-order valence-electron chi connectivity index (χ0n) is 15.9. The van der Waals surface area contributed by atoms with Crippen LogP contribution >= 0.6 is 0 Å². The predicted octanol–water partition coefficient (Wildman–Crippen LogP) is 4.02. The van der Waals surface area contributed by atoms with Crippen molar-refractivity contribution in [3.63, 3.8) is 0 Å². The lowest BCUT2D eigenvalue weighted by Gasteiger charge is -2.27. The molecular formula is C19H24F3N3O2S. The average Bonchev–Trinajstić information content (AvgIpc) is 3.03. The van der Waals surface area contributed by atoms with Crippen LogP contribution in [0, 0.1) is 5.92 Å². The Morgan fingerprint density at radius 1 is 1.29 bits per heavy atom. The predicted molar refractivity (Wildman–Crippen MR) is 104 cm³/mol. The minimum atomic E-state index is -4.54. The van der Waals surface area contributed by atoms with Crippen LogP contribution in [-0.4, -0.2) is 20.8 Å². The topological polar surface area (TPSA) is 75.4 Å². The second kappa shape index (κ2) is 8.40. The smallest absolute Gasteiger partial charge is 0.356 e. The molecule has 3 N–H and O–H groups in total. The molecule has 1 unspecified atom stereocenters. The molecule has 0 radical (unpaired) electrons. The molecular weight excluding hydrogens is 391 g/mol. The second-order valence-electron chi connectivity index (χ2n) is 6.75. The maximum Gasteiger partial charge on any atom is 0.432 e. The number of primary sulfonamides is 1. The second-order valence-corrected chi connectivity index (χ2v) is 8.32. The van der Waals surface area contributed by atoms with E-state index in [0.717, 1.165) is 12.6 Å². The fraction of sp³-hybridized carbons (Fsp3) is 0.368. The first-order valence-corrected chi connectivity index (χ1v) is 10.3. The van der Waals surface area contributed by atoms with Gasteiger partial charge in [0.15, 0.2) is 0 Å². The summed E-state index contributed by atoms with van der Waals surface area (Å²) < 4.78 is 62.9. The third-order valence-corrected chi connectivity index (χ3v) is 4.92. The SMILES string of the molecule is CC/C=C\C(=C/C(C)C)C1NC(C(F)(F)F)=CN1c1ccc(S(N)(=O)=O)cc1. The molecule has 0 aliphatic carbocycles. The van der Waals surface area contributed by atoms with Crippen molar-refractivity contribution in [1.82, 2.24) is 5.32 Å². The molecule has 1 aromatic carbocycles. The summed E-state index contributed by atoms with van der Waals surface area (Å²) >= 11 is 0. The summed E-state index contributed by atoms with van der Waals surface area (Å²) in [5.41, 5.74) is 0.221. The van der Waals surface area contributed by atoms with Gasteiger partial charge in [-0.25, -0.2) is 13.6 Å². The number of halogens is 3. The van der Waals surface area contributed by atoms with Crippen molar-refractivity contribution in [3.8, 4) is 0 Å². The molecule has 0 aromatic heterocycles. The first-order valence-electron chi connectivity index (χ1n) is 8.78. The number of allylic oxidation sites excluding steroid dienone is 3. The molecule has 1 aromatic rings. The van der Waals surface area contributed by atoms with Gasteiger partial charge in [-0.1, -0.05) is 39.0 Å². The van der Waals surface area contributed by atoms with Crippen LogP contribution in [0.25, 0.3) is 0 Å². The van der Waals surface area contributed by atoms with Crippen molar-refractivity contribution in [2.45, 2.75) is 44.4 Å². The Morgan fingerprint density at radius 3 is 2.36 bits per heavy atom. The summed E-state index contributed by atoms with van der Waals surface area (Å²) in [6, 6.07) is 5.41. The van der Waals surface area contributed by atoms with Crippen molar-refractivity contribution in [1.29, 1.82) is 0 Å². The Bertz CT molecular complexity index is 886. The highest BCUT2D eigenvalue weighted by Gasteiger charge is 2.41. The lowest BCUT2D eigenvalue weighted by Crippen LogP contribution is -2.39. The monoisotopic (exact) mass is 415 g/mol. The van der Waals surface area contributed by atoms with Gasteiger partial charge >= 0.3 is 6.18 Å². The molecule has 0 saturated carbocycles. The third kappa shape index (κ3) is 5.39. The zero-order chi connectivity index (χ0) is 21.1. The van der Waals surface area contributed by atoms with E-state index in [1.807, 2.05) is 32.9 Å². The van der Waals surface area contributed by atoms with Crippen LogP contribution in [-0.2, 0) is 10.0 Å². The summed E-state index contributed by atoms with van der Waals surface area (Å²) in [5.74, 6) is 0.125. The zero-order valence-corrected chi connectivity index (χ0v) is 16.7. The Kier molecular flexibility index (Phi) is 6.61. The Balaban J connectivity index is 2.51. The molecule has 1 aliphatic rings. The molecule has 0 amide bonds. The third-order valence-electron chi connectivity index (χ3n) is 3.99. The van der Waals surface area contributed by atoms with Crippen molar-refractivity contribution in [3.05, 3.63) is 60.0 Å². The molecule has 1 aliphatic heterocycles. The molecule has 154 valence electrons. The number of rotatable bonds is 6. The minimum Gasteiger partial charge on any atom is -0.356 e. The molecule has 5 nitrogen and oxygen atoms in total. The minimum absolute atomic E-state index is 0.108. The van der Waals surface area contributed by atoms with E-state index in [1.54, 1.807) is 6.08 Å². The van der Waals surface area contributed by atoms with Crippen LogP contribution in [0.15, 0.2) is 64.9 Å².